The summed E-state index contributed by atoms with van der Waals surface area (Å²) in [4.78, 5) is 13.2. The molecule has 15 heavy (non-hydrogen) atoms. The Morgan fingerprint density at radius 1 is 1.60 bits per heavy atom. The van der Waals surface area contributed by atoms with Gasteiger partial charge in [0.05, 0.1) is 12.5 Å². The summed E-state index contributed by atoms with van der Waals surface area (Å²) in [5.74, 6) is 0.0630. The van der Waals surface area contributed by atoms with E-state index in [0.29, 0.717) is 19.7 Å². The molecule has 0 aliphatic carbocycles. The van der Waals surface area contributed by atoms with Crippen LogP contribution in [0.25, 0.3) is 0 Å². The SMILES string of the molecule is COCCC(C)(C)CN1CC(O)CC1=O. The molecule has 1 N–H and O–H groups in total. The van der Waals surface area contributed by atoms with Crippen LogP contribution in [0.2, 0.25) is 0 Å². The topological polar surface area (TPSA) is 49.8 Å². The number of methoxy groups -OCH3 is 1. The van der Waals surface area contributed by atoms with Crippen molar-refractivity contribution in [3.8, 4) is 0 Å². The zero-order valence-electron chi connectivity index (χ0n) is 9.82. The van der Waals surface area contributed by atoms with Crippen LogP contribution in [0.5, 0.6) is 0 Å². The van der Waals surface area contributed by atoms with Gasteiger partial charge in [0.25, 0.3) is 0 Å². The van der Waals surface area contributed by atoms with E-state index in [1.54, 1.807) is 12.0 Å². The highest BCUT2D eigenvalue weighted by Gasteiger charge is 2.32. The van der Waals surface area contributed by atoms with Crippen LogP contribution in [0.4, 0.5) is 0 Å². The molecule has 0 aromatic heterocycles. The Labute approximate surface area is 91.2 Å². The highest BCUT2D eigenvalue weighted by Crippen LogP contribution is 2.24. The minimum Gasteiger partial charge on any atom is -0.391 e. The maximum Gasteiger partial charge on any atom is 0.225 e. The molecule has 1 fully saturated rings. The van der Waals surface area contributed by atoms with Gasteiger partial charge in [0, 0.05) is 26.8 Å². The second-order valence-electron chi connectivity index (χ2n) is 5.04. The Bertz CT molecular complexity index is 228. The second-order valence-corrected chi connectivity index (χ2v) is 5.04. The van der Waals surface area contributed by atoms with E-state index >= 15 is 0 Å². The van der Waals surface area contributed by atoms with Crippen LogP contribution in [-0.4, -0.2) is 48.8 Å². The number of carbonyl (C=O) groups excluding carboxylic acids is 1. The van der Waals surface area contributed by atoms with Crippen LogP contribution in [0.1, 0.15) is 26.7 Å². The summed E-state index contributed by atoms with van der Waals surface area (Å²) in [6, 6.07) is 0. The Hall–Kier alpha value is -0.610. The van der Waals surface area contributed by atoms with Crippen molar-refractivity contribution in [2.45, 2.75) is 32.8 Å². The molecule has 88 valence electrons. The largest absolute Gasteiger partial charge is 0.391 e. The van der Waals surface area contributed by atoms with Gasteiger partial charge in [-0.25, -0.2) is 0 Å². The molecule has 1 saturated heterocycles. The maximum atomic E-state index is 11.5. The average Bonchev–Trinajstić information content (AvgIpc) is 2.41. The summed E-state index contributed by atoms with van der Waals surface area (Å²) in [6.45, 7) is 6.12. The van der Waals surface area contributed by atoms with E-state index < -0.39 is 6.10 Å². The Kier molecular flexibility index (Phi) is 4.11. The smallest absolute Gasteiger partial charge is 0.225 e. The predicted molar refractivity (Wildman–Crippen MR) is 57.5 cm³/mol. The van der Waals surface area contributed by atoms with E-state index in [4.69, 9.17) is 4.74 Å². The first-order chi connectivity index (χ1) is 6.94. The number of aliphatic hydroxyl groups excluding tert-OH is 1. The lowest BCUT2D eigenvalue weighted by molar-refractivity contribution is -0.129. The molecule has 1 rings (SSSR count). The molecule has 0 aromatic carbocycles. The number of likely N-dealkylation sites (tertiary alicyclic amines) is 1. The predicted octanol–water partition coefficient (Wildman–Crippen LogP) is 0.642. The third-order valence-corrected chi connectivity index (χ3v) is 2.80. The molecular weight excluding hydrogens is 194 g/mol. The van der Waals surface area contributed by atoms with Gasteiger partial charge in [-0.15, -0.1) is 0 Å². The molecule has 1 heterocycles. The molecule has 0 saturated carbocycles. The van der Waals surface area contributed by atoms with Crippen LogP contribution in [0.3, 0.4) is 0 Å². The monoisotopic (exact) mass is 215 g/mol. The number of nitrogens with zero attached hydrogens (tertiary/aromatic N) is 1. The summed E-state index contributed by atoms with van der Waals surface area (Å²) in [5.41, 5.74) is 0.0513. The zero-order valence-corrected chi connectivity index (χ0v) is 9.82. The van der Waals surface area contributed by atoms with Crippen LogP contribution >= 0.6 is 0 Å². The number of β-amino-alcohol motifs (C(OH)–C–C–N with tert-alkyl or cyclic N) is 1. The van der Waals surface area contributed by atoms with Gasteiger partial charge in [-0.1, -0.05) is 13.8 Å². The van der Waals surface area contributed by atoms with Crippen LogP contribution < -0.4 is 0 Å². The fourth-order valence-corrected chi connectivity index (χ4v) is 1.88. The van der Waals surface area contributed by atoms with Crippen LogP contribution in [0.15, 0.2) is 0 Å². The first-order valence-electron chi connectivity index (χ1n) is 5.39. The third kappa shape index (κ3) is 3.80. The zero-order chi connectivity index (χ0) is 11.5. The molecule has 1 unspecified atom stereocenters. The van der Waals surface area contributed by atoms with Crippen molar-refractivity contribution >= 4 is 5.91 Å². The maximum absolute atomic E-state index is 11.5. The van der Waals surface area contributed by atoms with Crippen molar-refractivity contribution in [3.63, 3.8) is 0 Å². The first kappa shape index (κ1) is 12.5. The fourth-order valence-electron chi connectivity index (χ4n) is 1.88. The van der Waals surface area contributed by atoms with Gasteiger partial charge in [0.1, 0.15) is 0 Å². The summed E-state index contributed by atoms with van der Waals surface area (Å²) < 4.78 is 5.04. The quantitative estimate of drug-likeness (QED) is 0.732. The minimum atomic E-state index is -0.476. The van der Waals surface area contributed by atoms with Gasteiger partial charge < -0.3 is 14.7 Å². The highest BCUT2D eigenvalue weighted by molar-refractivity contribution is 5.79. The molecule has 0 aromatic rings. The van der Waals surface area contributed by atoms with Crippen molar-refractivity contribution in [3.05, 3.63) is 0 Å². The van der Waals surface area contributed by atoms with Gasteiger partial charge in [-0.2, -0.15) is 0 Å². The molecule has 0 radical (unpaired) electrons. The lowest BCUT2D eigenvalue weighted by Crippen LogP contribution is -2.36. The molecular formula is C11H21NO3. The fraction of sp³-hybridized carbons (Fsp3) is 0.909. The Morgan fingerprint density at radius 3 is 2.73 bits per heavy atom. The van der Waals surface area contributed by atoms with Gasteiger partial charge in [0.15, 0.2) is 0 Å². The molecule has 1 atom stereocenters. The lowest BCUT2D eigenvalue weighted by atomic mass is 9.89. The number of amides is 1. The summed E-state index contributed by atoms with van der Waals surface area (Å²) >= 11 is 0. The minimum absolute atomic E-state index is 0.0513. The molecule has 4 nitrogen and oxygen atoms in total. The Morgan fingerprint density at radius 2 is 2.27 bits per heavy atom. The van der Waals surface area contributed by atoms with E-state index in [1.165, 1.54) is 0 Å². The van der Waals surface area contributed by atoms with Crippen molar-refractivity contribution in [2.75, 3.05) is 26.8 Å². The normalized spacial score (nSPS) is 22.5. The third-order valence-electron chi connectivity index (χ3n) is 2.80. The van der Waals surface area contributed by atoms with E-state index in [9.17, 15) is 9.90 Å². The van der Waals surface area contributed by atoms with Crippen LogP contribution in [-0.2, 0) is 9.53 Å². The lowest BCUT2D eigenvalue weighted by Gasteiger charge is -2.30. The summed E-state index contributed by atoms with van der Waals surface area (Å²) in [5, 5.41) is 9.36. The molecule has 0 spiro atoms. The van der Waals surface area contributed by atoms with Crippen molar-refractivity contribution in [2.24, 2.45) is 5.41 Å². The Balaban J connectivity index is 2.42. The second kappa shape index (κ2) is 4.94. The van der Waals surface area contributed by atoms with E-state index in [0.717, 1.165) is 6.42 Å². The van der Waals surface area contributed by atoms with Crippen molar-refractivity contribution in [1.29, 1.82) is 0 Å². The number of hydrogen-bond donors (Lipinski definition) is 1. The van der Waals surface area contributed by atoms with Crippen molar-refractivity contribution < 1.29 is 14.6 Å². The molecule has 1 amide bonds. The number of aliphatic hydroxyl groups is 1. The van der Waals surface area contributed by atoms with Gasteiger partial charge >= 0.3 is 0 Å². The van der Waals surface area contributed by atoms with Gasteiger partial charge in [0.2, 0.25) is 5.91 Å². The van der Waals surface area contributed by atoms with E-state index in [-0.39, 0.29) is 17.7 Å². The number of rotatable bonds is 5. The standard InChI is InChI=1S/C11H21NO3/c1-11(2,4-5-15-3)8-12-7-9(13)6-10(12)14/h9,13H,4-8H2,1-3H3. The molecule has 1 aliphatic heterocycles. The molecule has 0 bridgehead atoms. The van der Waals surface area contributed by atoms with Crippen molar-refractivity contribution in [1.82, 2.24) is 4.90 Å². The number of hydrogen-bond acceptors (Lipinski definition) is 3. The van der Waals surface area contributed by atoms with Gasteiger partial charge in [-0.05, 0) is 11.8 Å². The van der Waals surface area contributed by atoms with E-state index in [2.05, 4.69) is 13.8 Å². The van der Waals surface area contributed by atoms with Gasteiger partial charge in [-0.3, -0.25) is 4.79 Å². The van der Waals surface area contributed by atoms with E-state index in [1.807, 2.05) is 0 Å². The molecule has 4 heteroatoms. The molecule has 1 aliphatic rings. The first-order valence-corrected chi connectivity index (χ1v) is 5.39. The average molecular weight is 215 g/mol. The summed E-state index contributed by atoms with van der Waals surface area (Å²) in [7, 11) is 1.68. The summed E-state index contributed by atoms with van der Waals surface area (Å²) in [6.07, 6.45) is 0.722. The van der Waals surface area contributed by atoms with Crippen LogP contribution in [0, 0.1) is 5.41 Å². The highest BCUT2D eigenvalue weighted by atomic mass is 16.5. The number of ether oxygens (including phenoxy) is 1. The number of carbonyl (C=O) groups is 1.